The molecular formula is C13H15BrN2O2. The van der Waals surface area contributed by atoms with Crippen LogP contribution in [-0.2, 0) is 0 Å². The molecule has 3 rings (SSSR count). The molecule has 1 aliphatic rings. The monoisotopic (exact) mass is 310 g/mol. The smallest absolute Gasteiger partial charge is 0.270 e. The lowest BCUT2D eigenvalue weighted by Gasteiger charge is -2.19. The highest BCUT2D eigenvalue weighted by Gasteiger charge is 2.20. The number of aromatic amines is 1. The molecule has 4 nitrogen and oxygen atoms in total. The molecule has 0 radical (unpaired) electrons. The second-order valence-electron chi connectivity index (χ2n) is 4.72. The molecule has 18 heavy (non-hydrogen) atoms. The molecule has 2 aromatic heterocycles. The zero-order valence-corrected chi connectivity index (χ0v) is 11.6. The molecule has 0 atom stereocenters. The third kappa shape index (κ3) is 2.19. The van der Waals surface area contributed by atoms with Gasteiger partial charge in [0.15, 0.2) is 10.3 Å². The second kappa shape index (κ2) is 4.80. The summed E-state index contributed by atoms with van der Waals surface area (Å²) in [5, 5.41) is 0. The van der Waals surface area contributed by atoms with Crippen LogP contribution in [0.1, 0.15) is 36.2 Å². The molecule has 0 saturated carbocycles. The van der Waals surface area contributed by atoms with Gasteiger partial charge in [-0.25, -0.2) is 0 Å². The Labute approximate surface area is 113 Å². The summed E-state index contributed by atoms with van der Waals surface area (Å²) in [4.78, 5) is 17.4. The van der Waals surface area contributed by atoms with Crippen LogP contribution in [-0.4, -0.2) is 28.9 Å². The van der Waals surface area contributed by atoms with Crippen molar-refractivity contribution in [1.29, 1.82) is 0 Å². The molecule has 1 fully saturated rings. The number of hydrogen-bond donors (Lipinski definition) is 1. The molecule has 0 unspecified atom stereocenters. The number of rotatable bonds is 1. The highest BCUT2D eigenvalue weighted by atomic mass is 79.9. The van der Waals surface area contributed by atoms with Gasteiger partial charge < -0.3 is 14.3 Å². The van der Waals surface area contributed by atoms with Crippen LogP contribution in [0.15, 0.2) is 21.2 Å². The van der Waals surface area contributed by atoms with Gasteiger partial charge >= 0.3 is 0 Å². The topological polar surface area (TPSA) is 49.2 Å². The van der Waals surface area contributed by atoms with Gasteiger partial charge in [0.25, 0.3) is 5.91 Å². The van der Waals surface area contributed by atoms with E-state index in [9.17, 15) is 4.79 Å². The first kappa shape index (κ1) is 11.8. The lowest BCUT2D eigenvalue weighted by molar-refractivity contribution is 0.0756. The molecule has 96 valence electrons. The molecule has 1 N–H and O–H groups in total. The number of furan rings is 1. The first-order valence-corrected chi connectivity index (χ1v) is 7.11. The van der Waals surface area contributed by atoms with Crippen molar-refractivity contribution >= 4 is 32.9 Å². The van der Waals surface area contributed by atoms with Crippen LogP contribution in [0.3, 0.4) is 0 Å². The van der Waals surface area contributed by atoms with Crippen LogP contribution < -0.4 is 0 Å². The quantitative estimate of drug-likeness (QED) is 0.875. The molecule has 1 saturated heterocycles. The van der Waals surface area contributed by atoms with E-state index in [1.165, 1.54) is 12.8 Å². The highest BCUT2D eigenvalue weighted by molar-refractivity contribution is 9.10. The van der Waals surface area contributed by atoms with Crippen molar-refractivity contribution in [3.05, 3.63) is 22.5 Å². The van der Waals surface area contributed by atoms with Crippen LogP contribution in [0, 0.1) is 0 Å². The Bertz CT molecular complexity index is 533. The number of halogens is 1. The van der Waals surface area contributed by atoms with Gasteiger partial charge in [-0.3, -0.25) is 4.79 Å². The average molecular weight is 311 g/mol. The molecule has 3 heterocycles. The molecule has 0 bridgehead atoms. The van der Waals surface area contributed by atoms with Crippen molar-refractivity contribution in [2.24, 2.45) is 0 Å². The summed E-state index contributed by atoms with van der Waals surface area (Å²) in [5.74, 6) is 0.0828. The fraction of sp³-hybridized carbons (Fsp3) is 0.462. The molecule has 5 heteroatoms. The molecule has 0 spiro atoms. The predicted molar refractivity (Wildman–Crippen MR) is 72.6 cm³/mol. The van der Waals surface area contributed by atoms with E-state index < -0.39 is 0 Å². The summed E-state index contributed by atoms with van der Waals surface area (Å²) in [6.07, 6.45) is 4.66. The van der Waals surface area contributed by atoms with E-state index in [2.05, 4.69) is 20.9 Å². The standard InChI is InChI=1S/C13H15BrN2O2/c14-12-8-9-11(18-12)7-10(15-9)13(17)16-5-3-1-2-4-6-16/h7-8,15H,1-6H2. The number of likely N-dealkylation sites (tertiary alicyclic amines) is 1. The van der Waals surface area contributed by atoms with E-state index in [-0.39, 0.29) is 5.91 Å². The van der Waals surface area contributed by atoms with Crippen molar-refractivity contribution in [1.82, 2.24) is 9.88 Å². The van der Waals surface area contributed by atoms with Crippen LogP contribution in [0.5, 0.6) is 0 Å². The Morgan fingerprint density at radius 3 is 2.61 bits per heavy atom. The van der Waals surface area contributed by atoms with E-state index in [4.69, 9.17) is 4.42 Å². The van der Waals surface area contributed by atoms with Crippen LogP contribution in [0.4, 0.5) is 0 Å². The average Bonchev–Trinajstić information content (AvgIpc) is 2.75. The molecule has 1 aliphatic heterocycles. The van der Waals surface area contributed by atoms with E-state index in [0.717, 1.165) is 37.0 Å². The number of fused-ring (bicyclic) bond motifs is 1. The number of nitrogens with zero attached hydrogens (tertiary/aromatic N) is 1. The Balaban J connectivity index is 1.83. The second-order valence-corrected chi connectivity index (χ2v) is 5.50. The van der Waals surface area contributed by atoms with Crippen LogP contribution >= 0.6 is 15.9 Å². The van der Waals surface area contributed by atoms with Gasteiger partial charge in [0.2, 0.25) is 0 Å². The van der Waals surface area contributed by atoms with Crippen molar-refractivity contribution in [3.63, 3.8) is 0 Å². The molecule has 1 amide bonds. The number of nitrogens with one attached hydrogen (secondary N) is 1. The molecule has 2 aromatic rings. The van der Waals surface area contributed by atoms with Crippen LogP contribution in [0.2, 0.25) is 0 Å². The summed E-state index contributed by atoms with van der Waals surface area (Å²) in [5.41, 5.74) is 2.21. The SMILES string of the molecule is O=C(c1cc2oc(Br)cc2[nH]1)N1CCCCCC1. The van der Waals surface area contributed by atoms with Crippen LogP contribution in [0.25, 0.3) is 11.1 Å². The minimum absolute atomic E-state index is 0.0828. The lowest BCUT2D eigenvalue weighted by Crippen LogP contribution is -2.32. The van der Waals surface area contributed by atoms with Gasteiger partial charge in [-0.05, 0) is 28.8 Å². The summed E-state index contributed by atoms with van der Waals surface area (Å²) in [6, 6.07) is 3.63. The number of H-pyrrole nitrogens is 1. The predicted octanol–water partition coefficient (Wildman–Crippen LogP) is 3.54. The maximum absolute atomic E-state index is 12.3. The first-order chi connectivity index (χ1) is 8.74. The lowest BCUT2D eigenvalue weighted by atomic mass is 10.2. The largest absolute Gasteiger partial charge is 0.448 e. The number of carbonyl (C=O) groups is 1. The maximum Gasteiger partial charge on any atom is 0.270 e. The zero-order valence-electron chi connectivity index (χ0n) is 10.0. The van der Waals surface area contributed by atoms with E-state index in [1.54, 1.807) is 6.07 Å². The summed E-state index contributed by atoms with van der Waals surface area (Å²) >= 11 is 3.27. The zero-order chi connectivity index (χ0) is 12.5. The Hall–Kier alpha value is -1.23. The minimum Gasteiger partial charge on any atom is -0.448 e. The highest BCUT2D eigenvalue weighted by Crippen LogP contribution is 2.24. The molecule has 0 aromatic carbocycles. The van der Waals surface area contributed by atoms with Gasteiger partial charge in [-0.2, -0.15) is 0 Å². The number of amides is 1. The van der Waals surface area contributed by atoms with E-state index in [1.807, 2.05) is 11.0 Å². The Kier molecular flexibility index (Phi) is 3.16. The van der Waals surface area contributed by atoms with Crippen molar-refractivity contribution < 1.29 is 9.21 Å². The maximum atomic E-state index is 12.3. The fourth-order valence-electron chi connectivity index (χ4n) is 2.45. The van der Waals surface area contributed by atoms with Gasteiger partial charge in [0.05, 0.1) is 5.52 Å². The Morgan fingerprint density at radius 2 is 1.94 bits per heavy atom. The third-order valence-electron chi connectivity index (χ3n) is 3.40. The number of carbonyl (C=O) groups excluding carboxylic acids is 1. The van der Waals surface area contributed by atoms with E-state index >= 15 is 0 Å². The first-order valence-electron chi connectivity index (χ1n) is 6.31. The summed E-state index contributed by atoms with van der Waals surface area (Å²) in [6.45, 7) is 1.73. The molecular weight excluding hydrogens is 296 g/mol. The van der Waals surface area contributed by atoms with Gasteiger partial charge in [0.1, 0.15) is 5.69 Å². The van der Waals surface area contributed by atoms with Crippen molar-refractivity contribution in [2.75, 3.05) is 13.1 Å². The van der Waals surface area contributed by atoms with Gasteiger partial charge in [-0.15, -0.1) is 0 Å². The van der Waals surface area contributed by atoms with E-state index in [0.29, 0.717) is 10.4 Å². The number of hydrogen-bond acceptors (Lipinski definition) is 2. The summed E-state index contributed by atoms with van der Waals surface area (Å²) in [7, 11) is 0. The fourth-order valence-corrected chi connectivity index (χ4v) is 2.85. The number of aromatic nitrogens is 1. The minimum atomic E-state index is 0.0828. The normalized spacial score (nSPS) is 17.1. The molecule has 0 aliphatic carbocycles. The Morgan fingerprint density at radius 1 is 1.22 bits per heavy atom. The third-order valence-corrected chi connectivity index (χ3v) is 3.79. The summed E-state index contributed by atoms with van der Waals surface area (Å²) < 4.78 is 6.10. The van der Waals surface area contributed by atoms with Crippen molar-refractivity contribution in [2.45, 2.75) is 25.7 Å². The van der Waals surface area contributed by atoms with Crippen molar-refractivity contribution in [3.8, 4) is 0 Å². The van der Waals surface area contributed by atoms with Gasteiger partial charge in [-0.1, -0.05) is 12.8 Å². The van der Waals surface area contributed by atoms with Gasteiger partial charge in [0, 0.05) is 25.2 Å².